The van der Waals surface area contributed by atoms with Gasteiger partial charge in [-0.3, -0.25) is 4.79 Å². The van der Waals surface area contributed by atoms with E-state index in [1.807, 2.05) is 25.1 Å². The lowest BCUT2D eigenvalue weighted by Gasteiger charge is -2.14. The Balaban J connectivity index is 1.86. The normalized spacial score (nSPS) is 14.9. The Morgan fingerprint density at radius 3 is 2.45 bits per heavy atom. The highest BCUT2D eigenvalue weighted by Crippen LogP contribution is 2.31. The molecule has 0 aromatic heterocycles. The van der Waals surface area contributed by atoms with Crippen LogP contribution in [-0.2, 0) is 4.79 Å². The number of carboxylic acids is 1. The van der Waals surface area contributed by atoms with Gasteiger partial charge in [0.1, 0.15) is 0 Å². The number of benzene rings is 2. The fourth-order valence-corrected chi connectivity index (χ4v) is 3.03. The molecule has 1 aliphatic rings. The number of hydrogen-bond donors (Lipinski definition) is 1. The molecule has 0 atom stereocenters. The van der Waals surface area contributed by atoms with Gasteiger partial charge in [0.2, 0.25) is 0 Å². The van der Waals surface area contributed by atoms with Crippen molar-refractivity contribution >= 4 is 29.4 Å². The Morgan fingerprint density at radius 1 is 1.13 bits per heavy atom. The number of hydrogen-bond acceptors (Lipinski definition) is 5. The lowest BCUT2D eigenvalue weighted by atomic mass is 10.1. The number of ether oxygens (including phenoxy) is 2. The maximum atomic E-state index is 13.0. The fourth-order valence-electron chi connectivity index (χ4n) is 3.03. The number of carbonyl (C=O) groups excluding carboxylic acids is 1. The molecule has 0 saturated carbocycles. The molecule has 1 heterocycles. The van der Waals surface area contributed by atoms with Gasteiger partial charge in [0, 0.05) is 0 Å². The molecule has 1 amide bonds. The van der Waals surface area contributed by atoms with Gasteiger partial charge in [-0.25, -0.2) is 4.79 Å². The quantitative estimate of drug-likeness (QED) is 0.627. The zero-order valence-electron chi connectivity index (χ0n) is 18.1. The molecule has 0 unspecified atom stereocenters. The number of rotatable bonds is 8. The molecule has 0 saturated heterocycles. The van der Waals surface area contributed by atoms with E-state index in [1.165, 1.54) is 17.1 Å². The van der Waals surface area contributed by atoms with Crippen molar-refractivity contribution in [2.45, 2.75) is 27.7 Å². The average molecular weight is 422 g/mol. The first kappa shape index (κ1) is 22.1. The molecule has 0 radical (unpaired) electrons. The monoisotopic (exact) mass is 422 g/mol. The Bertz CT molecular complexity index is 1040. The molecule has 7 heteroatoms. The third-order valence-corrected chi connectivity index (χ3v) is 4.57. The molecule has 0 aliphatic carbocycles. The molecule has 7 nitrogen and oxygen atoms in total. The van der Waals surface area contributed by atoms with Crippen LogP contribution in [0.4, 0.5) is 5.69 Å². The van der Waals surface area contributed by atoms with Gasteiger partial charge < -0.3 is 14.6 Å². The van der Waals surface area contributed by atoms with Crippen LogP contribution in [0, 0.1) is 5.92 Å². The Morgan fingerprint density at radius 2 is 1.84 bits per heavy atom. The van der Waals surface area contributed by atoms with Crippen molar-refractivity contribution in [1.82, 2.24) is 0 Å². The van der Waals surface area contributed by atoms with Crippen molar-refractivity contribution in [3.05, 3.63) is 59.2 Å². The number of nitrogens with zero attached hydrogens (tertiary/aromatic N) is 2. The van der Waals surface area contributed by atoms with Gasteiger partial charge in [-0.05, 0) is 67.8 Å². The van der Waals surface area contributed by atoms with E-state index in [9.17, 15) is 9.59 Å². The fraction of sp³-hybridized carbons (Fsp3) is 0.292. The number of anilines is 1. The zero-order valence-corrected chi connectivity index (χ0v) is 18.1. The predicted molar refractivity (Wildman–Crippen MR) is 120 cm³/mol. The molecule has 1 N–H and O–H groups in total. The van der Waals surface area contributed by atoms with E-state index in [0.717, 1.165) is 5.56 Å². The summed E-state index contributed by atoms with van der Waals surface area (Å²) in [5.41, 5.74) is 2.48. The molecule has 3 rings (SSSR count). The zero-order chi connectivity index (χ0) is 22.5. The number of amides is 1. The first-order valence-corrected chi connectivity index (χ1v) is 10.1. The van der Waals surface area contributed by atoms with E-state index in [-0.39, 0.29) is 11.5 Å². The van der Waals surface area contributed by atoms with Crippen LogP contribution in [0.25, 0.3) is 6.08 Å². The van der Waals surface area contributed by atoms with Crippen molar-refractivity contribution in [3.8, 4) is 11.5 Å². The third kappa shape index (κ3) is 5.12. The molecule has 0 fully saturated rings. The van der Waals surface area contributed by atoms with E-state index in [4.69, 9.17) is 14.6 Å². The van der Waals surface area contributed by atoms with Gasteiger partial charge in [0.25, 0.3) is 5.91 Å². The largest absolute Gasteiger partial charge is 0.490 e. The van der Waals surface area contributed by atoms with Crippen molar-refractivity contribution in [3.63, 3.8) is 0 Å². The van der Waals surface area contributed by atoms with E-state index in [0.29, 0.717) is 47.6 Å². The van der Waals surface area contributed by atoms with Gasteiger partial charge in [-0.15, -0.1) is 0 Å². The molecule has 162 valence electrons. The summed E-state index contributed by atoms with van der Waals surface area (Å²) in [5, 5.41) is 14.7. The average Bonchev–Trinajstić information content (AvgIpc) is 3.01. The molecular weight excluding hydrogens is 396 g/mol. The molecular formula is C24H26N2O5. The topological polar surface area (TPSA) is 88.4 Å². The maximum Gasteiger partial charge on any atom is 0.335 e. The summed E-state index contributed by atoms with van der Waals surface area (Å²) < 4.78 is 11.6. The van der Waals surface area contributed by atoms with Crippen LogP contribution in [0.15, 0.2) is 53.1 Å². The Hall–Kier alpha value is -3.61. The van der Waals surface area contributed by atoms with Gasteiger partial charge in [-0.1, -0.05) is 19.9 Å². The van der Waals surface area contributed by atoms with Gasteiger partial charge in [-0.2, -0.15) is 10.1 Å². The first-order valence-electron chi connectivity index (χ1n) is 10.1. The summed E-state index contributed by atoms with van der Waals surface area (Å²) in [5.74, 6) is 0.380. The van der Waals surface area contributed by atoms with Crippen LogP contribution in [0.2, 0.25) is 0 Å². The second-order valence-electron chi connectivity index (χ2n) is 7.56. The van der Waals surface area contributed by atoms with E-state index >= 15 is 0 Å². The summed E-state index contributed by atoms with van der Waals surface area (Å²) in [6.07, 6.45) is 1.77. The molecule has 2 aromatic carbocycles. The highest BCUT2D eigenvalue weighted by Gasteiger charge is 2.29. The highest BCUT2D eigenvalue weighted by molar-refractivity contribution is 6.32. The SMILES string of the molecule is CCOc1cc(C=C2C(=O)N(c3ccc(C(=O)O)cc3)N=C2C)ccc1OCC(C)C. The Kier molecular flexibility index (Phi) is 6.74. The number of aromatic carboxylic acids is 1. The standard InChI is InChI=1S/C24H26N2O5/c1-5-30-22-13-17(6-11-21(22)31-14-15(2)3)12-20-16(4)25-26(23(20)27)19-9-7-18(8-10-19)24(28)29/h6-13,15H,5,14H2,1-4H3,(H,28,29). The summed E-state index contributed by atoms with van der Waals surface area (Å²) in [6, 6.07) is 11.6. The van der Waals surface area contributed by atoms with Crippen LogP contribution in [0.3, 0.4) is 0 Å². The molecule has 1 aliphatic heterocycles. The first-order chi connectivity index (χ1) is 14.8. The minimum absolute atomic E-state index is 0.148. The van der Waals surface area contributed by atoms with Crippen LogP contribution in [0.1, 0.15) is 43.6 Å². The van der Waals surface area contributed by atoms with Crippen LogP contribution in [-0.4, -0.2) is 35.9 Å². The number of carboxylic acid groups (broad SMARTS) is 1. The van der Waals surface area contributed by atoms with Gasteiger partial charge in [0.15, 0.2) is 11.5 Å². The van der Waals surface area contributed by atoms with Crippen molar-refractivity contribution in [2.24, 2.45) is 11.0 Å². The number of carbonyl (C=O) groups is 2. The molecule has 0 bridgehead atoms. The summed E-state index contributed by atoms with van der Waals surface area (Å²) in [6.45, 7) is 8.90. The van der Waals surface area contributed by atoms with Crippen LogP contribution in [0.5, 0.6) is 11.5 Å². The second kappa shape index (κ2) is 9.47. The summed E-state index contributed by atoms with van der Waals surface area (Å²) >= 11 is 0. The smallest absolute Gasteiger partial charge is 0.335 e. The van der Waals surface area contributed by atoms with Gasteiger partial charge >= 0.3 is 5.97 Å². The third-order valence-electron chi connectivity index (χ3n) is 4.57. The van der Waals surface area contributed by atoms with Crippen molar-refractivity contribution < 1.29 is 24.2 Å². The van der Waals surface area contributed by atoms with Crippen LogP contribution < -0.4 is 14.5 Å². The molecule has 2 aromatic rings. The van der Waals surface area contributed by atoms with Crippen molar-refractivity contribution in [2.75, 3.05) is 18.2 Å². The maximum absolute atomic E-state index is 13.0. The highest BCUT2D eigenvalue weighted by atomic mass is 16.5. The number of hydrazone groups is 1. The van der Waals surface area contributed by atoms with E-state index < -0.39 is 5.97 Å². The van der Waals surface area contributed by atoms with Gasteiger partial charge in [0.05, 0.1) is 35.7 Å². The van der Waals surface area contributed by atoms with Crippen LogP contribution >= 0.6 is 0 Å². The lowest BCUT2D eigenvalue weighted by molar-refractivity contribution is -0.114. The Labute approximate surface area is 181 Å². The minimum atomic E-state index is -1.02. The molecule has 0 spiro atoms. The predicted octanol–water partition coefficient (Wildman–Crippen LogP) is 4.62. The summed E-state index contributed by atoms with van der Waals surface area (Å²) in [7, 11) is 0. The summed E-state index contributed by atoms with van der Waals surface area (Å²) in [4.78, 5) is 24.0. The van der Waals surface area contributed by atoms with Crippen molar-refractivity contribution in [1.29, 1.82) is 0 Å². The lowest BCUT2D eigenvalue weighted by Crippen LogP contribution is -2.21. The van der Waals surface area contributed by atoms with E-state index in [2.05, 4.69) is 18.9 Å². The van der Waals surface area contributed by atoms with E-state index in [1.54, 1.807) is 25.1 Å². The molecule has 31 heavy (non-hydrogen) atoms. The second-order valence-corrected chi connectivity index (χ2v) is 7.56. The minimum Gasteiger partial charge on any atom is -0.490 e.